The SMILES string of the molecule is CC1CCCC2(C)C1CCC1(C)C2CCC2C3CCCC3(C(OCc3ccccc3)=C3CCC3)CC[C@]21C. The van der Waals surface area contributed by atoms with E-state index in [-0.39, 0.29) is 0 Å². The Labute approximate surface area is 233 Å². The molecule has 0 radical (unpaired) electrons. The third-order valence-electron chi connectivity index (χ3n) is 14.7. The Morgan fingerprint density at radius 3 is 2.29 bits per heavy atom. The Morgan fingerprint density at radius 2 is 1.53 bits per heavy atom. The zero-order valence-corrected chi connectivity index (χ0v) is 25.0. The van der Waals surface area contributed by atoms with E-state index in [1.54, 1.807) is 5.57 Å². The largest absolute Gasteiger partial charge is 0.493 e. The summed E-state index contributed by atoms with van der Waals surface area (Å²) in [4.78, 5) is 0. The lowest BCUT2D eigenvalue weighted by Gasteiger charge is -2.71. The minimum absolute atomic E-state index is 0.332. The van der Waals surface area contributed by atoms with Crippen molar-refractivity contribution in [2.75, 3.05) is 0 Å². The quantitative estimate of drug-likeness (QED) is 0.363. The molecule has 1 heteroatoms. The van der Waals surface area contributed by atoms with E-state index in [9.17, 15) is 0 Å². The fraction of sp³-hybridized carbons (Fsp3) is 0.784. The molecule has 0 aromatic heterocycles. The fourth-order valence-corrected chi connectivity index (χ4v) is 12.6. The second-order valence-corrected chi connectivity index (χ2v) is 15.8. The van der Waals surface area contributed by atoms with Gasteiger partial charge in [-0.15, -0.1) is 0 Å². The normalized spacial score (nSPS) is 47.7. The van der Waals surface area contributed by atoms with E-state index in [0.717, 1.165) is 36.2 Å². The van der Waals surface area contributed by atoms with Gasteiger partial charge in [-0.25, -0.2) is 0 Å². The second-order valence-electron chi connectivity index (χ2n) is 15.8. The number of rotatable bonds is 4. The van der Waals surface area contributed by atoms with E-state index < -0.39 is 0 Å². The first-order valence-corrected chi connectivity index (χ1v) is 16.7. The van der Waals surface area contributed by atoms with Crippen LogP contribution in [0.1, 0.15) is 130 Å². The van der Waals surface area contributed by atoms with Crippen LogP contribution in [0.4, 0.5) is 0 Å². The monoisotopic (exact) mass is 514 g/mol. The van der Waals surface area contributed by atoms with Crippen LogP contribution in [0.25, 0.3) is 0 Å². The molecule has 0 heterocycles. The third kappa shape index (κ3) is 3.48. The first kappa shape index (κ1) is 25.7. The van der Waals surface area contributed by atoms with Crippen LogP contribution < -0.4 is 0 Å². The van der Waals surface area contributed by atoms with Crippen molar-refractivity contribution in [3.63, 3.8) is 0 Å². The lowest BCUT2D eigenvalue weighted by molar-refractivity contribution is -0.225. The minimum Gasteiger partial charge on any atom is -0.493 e. The number of fused-ring (bicyclic) bond motifs is 7. The van der Waals surface area contributed by atoms with E-state index in [0.29, 0.717) is 21.7 Å². The molecule has 1 aromatic rings. The first-order chi connectivity index (χ1) is 18.3. The summed E-state index contributed by atoms with van der Waals surface area (Å²) >= 11 is 0. The summed E-state index contributed by atoms with van der Waals surface area (Å²) in [5.74, 6) is 6.08. The molecule has 6 saturated carbocycles. The van der Waals surface area contributed by atoms with Gasteiger partial charge in [-0.05, 0) is 134 Å². The molecule has 0 bridgehead atoms. The molecule has 0 aliphatic heterocycles. The minimum atomic E-state index is 0.332. The van der Waals surface area contributed by atoms with Crippen molar-refractivity contribution in [3.05, 3.63) is 47.2 Å². The molecule has 0 amide bonds. The van der Waals surface area contributed by atoms with Crippen LogP contribution in [-0.2, 0) is 11.3 Å². The van der Waals surface area contributed by atoms with E-state index in [1.807, 2.05) is 0 Å². The van der Waals surface area contributed by atoms with Crippen LogP contribution in [0, 0.1) is 51.2 Å². The van der Waals surface area contributed by atoms with Crippen molar-refractivity contribution in [3.8, 4) is 0 Å². The summed E-state index contributed by atoms with van der Waals surface area (Å²) in [6.07, 6.45) is 21.5. The molecule has 38 heavy (non-hydrogen) atoms. The van der Waals surface area contributed by atoms with Crippen LogP contribution in [0.15, 0.2) is 41.7 Å². The summed E-state index contributed by atoms with van der Waals surface area (Å²) in [5, 5.41) is 0. The molecule has 8 unspecified atom stereocenters. The lowest BCUT2D eigenvalue weighted by atomic mass is 9.33. The van der Waals surface area contributed by atoms with Crippen molar-refractivity contribution in [2.24, 2.45) is 51.2 Å². The van der Waals surface area contributed by atoms with Crippen molar-refractivity contribution in [1.29, 1.82) is 0 Å². The van der Waals surface area contributed by atoms with Gasteiger partial charge in [0.15, 0.2) is 0 Å². The molecule has 0 saturated heterocycles. The maximum absolute atomic E-state index is 7.00. The number of hydrogen-bond acceptors (Lipinski definition) is 1. The number of benzene rings is 1. The van der Waals surface area contributed by atoms with E-state index >= 15 is 0 Å². The van der Waals surface area contributed by atoms with Gasteiger partial charge in [-0.1, -0.05) is 77.3 Å². The highest BCUT2D eigenvalue weighted by Crippen LogP contribution is 2.77. The molecule has 208 valence electrons. The van der Waals surface area contributed by atoms with E-state index in [2.05, 4.69) is 58.0 Å². The first-order valence-electron chi connectivity index (χ1n) is 16.7. The highest BCUT2D eigenvalue weighted by atomic mass is 16.5. The predicted octanol–water partition coefficient (Wildman–Crippen LogP) is 10.5. The summed E-state index contributed by atoms with van der Waals surface area (Å²) < 4.78 is 7.00. The lowest BCUT2D eigenvalue weighted by Crippen LogP contribution is -2.64. The van der Waals surface area contributed by atoms with Gasteiger partial charge in [0.2, 0.25) is 0 Å². The summed E-state index contributed by atoms with van der Waals surface area (Å²) in [5.41, 5.74) is 4.95. The maximum atomic E-state index is 7.00. The Balaban J connectivity index is 1.21. The Morgan fingerprint density at radius 1 is 0.737 bits per heavy atom. The van der Waals surface area contributed by atoms with Crippen LogP contribution >= 0.6 is 0 Å². The van der Waals surface area contributed by atoms with E-state index in [4.69, 9.17) is 4.74 Å². The van der Waals surface area contributed by atoms with Crippen LogP contribution in [0.3, 0.4) is 0 Å². The van der Waals surface area contributed by atoms with Crippen LogP contribution in [0.5, 0.6) is 0 Å². The van der Waals surface area contributed by atoms with Crippen molar-refractivity contribution < 1.29 is 4.74 Å². The van der Waals surface area contributed by atoms with Gasteiger partial charge in [0, 0.05) is 5.41 Å². The molecule has 6 fully saturated rings. The highest BCUT2D eigenvalue weighted by Gasteiger charge is 2.69. The number of allylic oxidation sites excluding steroid dienone is 2. The summed E-state index contributed by atoms with van der Waals surface area (Å²) in [6.45, 7) is 11.7. The summed E-state index contributed by atoms with van der Waals surface area (Å²) in [7, 11) is 0. The Bertz CT molecular complexity index is 1070. The molecule has 0 spiro atoms. The molecule has 6 aliphatic carbocycles. The zero-order valence-electron chi connectivity index (χ0n) is 25.0. The van der Waals surface area contributed by atoms with Gasteiger partial charge in [0.25, 0.3) is 0 Å². The third-order valence-corrected chi connectivity index (χ3v) is 14.7. The molecule has 7 rings (SSSR count). The smallest absolute Gasteiger partial charge is 0.113 e. The molecule has 9 atom stereocenters. The van der Waals surface area contributed by atoms with Gasteiger partial charge in [-0.3, -0.25) is 0 Å². The van der Waals surface area contributed by atoms with Crippen LogP contribution in [-0.4, -0.2) is 0 Å². The Hall–Kier alpha value is -1.24. The molecule has 1 aromatic carbocycles. The van der Waals surface area contributed by atoms with E-state index in [1.165, 1.54) is 108 Å². The topological polar surface area (TPSA) is 9.23 Å². The average Bonchev–Trinajstić information content (AvgIpc) is 3.31. The van der Waals surface area contributed by atoms with Crippen molar-refractivity contribution >= 4 is 0 Å². The number of hydrogen-bond donors (Lipinski definition) is 0. The predicted molar refractivity (Wildman–Crippen MR) is 157 cm³/mol. The maximum Gasteiger partial charge on any atom is 0.113 e. The molecule has 0 N–H and O–H groups in total. The highest BCUT2D eigenvalue weighted by molar-refractivity contribution is 5.28. The van der Waals surface area contributed by atoms with Gasteiger partial charge in [-0.2, -0.15) is 0 Å². The summed E-state index contributed by atoms with van der Waals surface area (Å²) in [6, 6.07) is 10.9. The molecule has 6 aliphatic rings. The second kappa shape index (κ2) is 9.14. The van der Waals surface area contributed by atoms with Gasteiger partial charge < -0.3 is 4.74 Å². The fourth-order valence-electron chi connectivity index (χ4n) is 12.6. The van der Waals surface area contributed by atoms with Crippen molar-refractivity contribution in [2.45, 2.75) is 131 Å². The zero-order chi connectivity index (χ0) is 26.2. The van der Waals surface area contributed by atoms with Gasteiger partial charge in [0.1, 0.15) is 12.4 Å². The van der Waals surface area contributed by atoms with Gasteiger partial charge in [0.05, 0.1) is 0 Å². The molecular formula is C37H54O. The van der Waals surface area contributed by atoms with Gasteiger partial charge >= 0.3 is 0 Å². The molecular weight excluding hydrogens is 460 g/mol. The Kier molecular flexibility index (Phi) is 6.18. The average molecular weight is 515 g/mol. The standard InChI is InChI=1S/C37H54O/c1-26-11-9-20-34(2)29(26)19-22-36(4)32(34)18-17-30-31-16-10-21-37(31,24-23-35(30,36)3)33(28-14-8-15-28)38-25-27-12-6-5-7-13-27/h5-7,12-13,26,29-32H,8-11,14-25H2,1-4H3/t26?,29?,30?,31?,32?,34?,35-,36?,37?/m1/s1. The van der Waals surface area contributed by atoms with Crippen molar-refractivity contribution in [1.82, 2.24) is 0 Å². The number of ether oxygens (including phenoxy) is 1. The van der Waals surface area contributed by atoms with Crippen LogP contribution in [0.2, 0.25) is 0 Å². The molecule has 1 nitrogen and oxygen atoms in total.